The van der Waals surface area contributed by atoms with E-state index in [2.05, 4.69) is 27.3 Å². The number of amides is 1. The molecule has 0 aliphatic carbocycles. The fourth-order valence-electron chi connectivity index (χ4n) is 3.65. The molecule has 1 aliphatic heterocycles. The Hall–Kier alpha value is -3.10. The second-order valence-electron chi connectivity index (χ2n) is 7.26. The lowest BCUT2D eigenvalue weighted by atomic mass is 9.98. The number of carbonyl (C=O) groups is 1. The Morgan fingerprint density at radius 3 is 2.45 bits per heavy atom. The van der Waals surface area contributed by atoms with Crippen molar-refractivity contribution in [2.45, 2.75) is 19.5 Å². The Labute approximate surface area is 185 Å². The minimum atomic E-state index is -0.184. The summed E-state index contributed by atoms with van der Waals surface area (Å²) in [5.74, 6) is 2.05. The average Bonchev–Trinajstić information content (AvgIpc) is 3.24. The van der Waals surface area contributed by atoms with Gasteiger partial charge in [-0.1, -0.05) is 0 Å². The quantitative estimate of drug-likeness (QED) is 0.600. The number of nitrogens with zero attached hydrogens (tertiary/aromatic N) is 2. The van der Waals surface area contributed by atoms with Crippen LogP contribution >= 0.6 is 11.3 Å². The molecule has 2 heterocycles. The van der Waals surface area contributed by atoms with Gasteiger partial charge in [-0.25, -0.2) is 4.98 Å². The van der Waals surface area contributed by atoms with E-state index in [0.29, 0.717) is 16.4 Å². The molecule has 0 atom stereocenters. The van der Waals surface area contributed by atoms with E-state index in [1.54, 1.807) is 45.6 Å². The fraction of sp³-hybridized carbons (Fsp3) is 0.304. The van der Waals surface area contributed by atoms with Crippen LogP contribution in [0, 0.1) is 0 Å². The Morgan fingerprint density at radius 1 is 1.06 bits per heavy atom. The number of hydrogen-bond donors (Lipinski definition) is 1. The highest BCUT2D eigenvalue weighted by Gasteiger charge is 2.20. The summed E-state index contributed by atoms with van der Waals surface area (Å²) in [4.78, 5) is 19.4. The second kappa shape index (κ2) is 9.36. The minimum Gasteiger partial charge on any atom is -0.497 e. The van der Waals surface area contributed by atoms with Crippen LogP contribution in [0.3, 0.4) is 0 Å². The number of nitrogens with one attached hydrogen (secondary N) is 1. The maximum absolute atomic E-state index is 12.4. The highest BCUT2D eigenvalue weighted by atomic mass is 32.1. The maximum Gasteiger partial charge on any atom is 0.257 e. The smallest absolute Gasteiger partial charge is 0.257 e. The number of fused-ring (bicyclic) bond motifs is 1. The number of thiazole rings is 1. The summed E-state index contributed by atoms with van der Waals surface area (Å²) in [5.41, 5.74) is 4.04. The minimum absolute atomic E-state index is 0.184. The van der Waals surface area contributed by atoms with Crippen LogP contribution in [0.5, 0.6) is 17.2 Å². The van der Waals surface area contributed by atoms with Crippen molar-refractivity contribution in [1.82, 2.24) is 9.88 Å². The van der Waals surface area contributed by atoms with Crippen LogP contribution in [0.15, 0.2) is 41.8 Å². The Balaban J connectivity index is 1.38. The molecule has 0 bridgehead atoms. The van der Waals surface area contributed by atoms with Crippen LogP contribution in [-0.2, 0) is 19.5 Å². The zero-order valence-electron chi connectivity index (χ0n) is 17.8. The summed E-state index contributed by atoms with van der Waals surface area (Å²) in [6.07, 6.45) is 0.945. The third-order valence-electron chi connectivity index (χ3n) is 5.31. The van der Waals surface area contributed by atoms with Crippen LogP contribution in [-0.4, -0.2) is 43.7 Å². The lowest BCUT2D eigenvalue weighted by molar-refractivity contribution is 0.102. The molecule has 8 heteroatoms. The SMILES string of the molecule is COc1ccc(C(=O)Nc2nc(CN3CCc4cc(OC)c(OC)cc4C3)cs2)cc1. The molecule has 0 saturated heterocycles. The molecule has 4 rings (SSSR count). The summed E-state index contributed by atoms with van der Waals surface area (Å²) in [6.45, 7) is 2.48. The monoisotopic (exact) mass is 439 g/mol. The number of anilines is 1. The van der Waals surface area contributed by atoms with Gasteiger partial charge in [0.2, 0.25) is 0 Å². The largest absolute Gasteiger partial charge is 0.497 e. The van der Waals surface area contributed by atoms with Gasteiger partial charge in [0.05, 0.1) is 27.0 Å². The zero-order valence-corrected chi connectivity index (χ0v) is 18.6. The van der Waals surface area contributed by atoms with Crippen LogP contribution < -0.4 is 19.5 Å². The van der Waals surface area contributed by atoms with Crippen molar-refractivity contribution in [3.05, 3.63) is 64.2 Å². The number of benzene rings is 2. The Bertz CT molecular complexity index is 1070. The molecule has 0 radical (unpaired) electrons. The van der Waals surface area contributed by atoms with Crippen molar-refractivity contribution in [2.24, 2.45) is 0 Å². The van der Waals surface area contributed by atoms with Crippen molar-refractivity contribution in [3.8, 4) is 17.2 Å². The summed E-state index contributed by atoms with van der Waals surface area (Å²) < 4.78 is 16.0. The highest BCUT2D eigenvalue weighted by Crippen LogP contribution is 2.33. The van der Waals surface area contributed by atoms with Crippen LogP contribution in [0.1, 0.15) is 27.2 Å². The average molecular weight is 440 g/mol. The first-order chi connectivity index (χ1) is 15.1. The van der Waals surface area contributed by atoms with Gasteiger partial charge in [0.1, 0.15) is 5.75 Å². The topological polar surface area (TPSA) is 72.9 Å². The molecule has 0 saturated carbocycles. The predicted octanol–water partition coefficient (Wildman–Crippen LogP) is 3.98. The van der Waals surface area contributed by atoms with Crippen molar-refractivity contribution >= 4 is 22.4 Å². The van der Waals surface area contributed by atoms with Gasteiger partial charge in [0, 0.05) is 30.6 Å². The molecule has 162 valence electrons. The van der Waals surface area contributed by atoms with E-state index in [0.717, 1.165) is 43.2 Å². The van der Waals surface area contributed by atoms with Gasteiger partial charge >= 0.3 is 0 Å². The van der Waals surface area contributed by atoms with Gasteiger partial charge in [-0.15, -0.1) is 11.3 Å². The van der Waals surface area contributed by atoms with Crippen LogP contribution in [0.2, 0.25) is 0 Å². The van der Waals surface area contributed by atoms with Crippen molar-refractivity contribution in [1.29, 1.82) is 0 Å². The number of rotatable bonds is 7. The molecule has 7 nitrogen and oxygen atoms in total. The Morgan fingerprint density at radius 2 is 1.77 bits per heavy atom. The molecule has 1 N–H and O–H groups in total. The number of aromatic nitrogens is 1. The molecule has 3 aromatic rings. The van der Waals surface area contributed by atoms with Gasteiger partial charge in [-0.2, -0.15) is 0 Å². The van der Waals surface area contributed by atoms with E-state index in [-0.39, 0.29) is 5.91 Å². The number of hydrogen-bond acceptors (Lipinski definition) is 7. The maximum atomic E-state index is 12.4. The summed E-state index contributed by atoms with van der Waals surface area (Å²) in [7, 11) is 4.91. The first kappa shape index (κ1) is 21.1. The van der Waals surface area contributed by atoms with Crippen molar-refractivity contribution < 1.29 is 19.0 Å². The van der Waals surface area contributed by atoms with E-state index in [1.807, 2.05) is 5.38 Å². The molecule has 0 spiro atoms. The van der Waals surface area contributed by atoms with Gasteiger partial charge < -0.3 is 14.2 Å². The summed E-state index contributed by atoms with van der Waals surface area (Å²) >= 11 is 1.43. The number of carbonyl (C=O) groups excluding carboxylic acids is 1. The molecular formula is C23H25N3O4S. The van der Waals surface area contributed by atoms with Gasteiger partial charge in [0.15, 0.2) is 16.6 Å². The molecule has 1 aliphatic rings. The lowest BCUT2D eigenvalue weighted by Gasteiger charge is -2.29. The second-order valence-corrected chi connectivity index (χ2v) is 8.12. The number of methoxy groups -OCH3 is 3. The first-order valence-electron chi connectivity index (χ1n) is 9.95. The van der Waals surface area contributed by atoms with Crippen LogP contribution in [0.4, 0.5) is 5.13 Å². The standard InChI is InChI=1S/C23H25N3O4S/c1-28-19-6-4-15(5-7-19)22(27)25-23-24-18(14-31-23)13-26-9-8-16-10-20(29-2)21(30-3)11-17(16)12-26/h4-7,10-11,14H,8-9,12-13H2,1-3H3,(H,24,25,27). The van der Waals surface area contributed by atoms with Crippen LogP contribution in [0.25, 0.3) is 0 Å². The van der Waals surface area contributed by atoms with E-state index in [9.17, 15) is 4.79 Å². The third kappa shape index (κ3) is 4.81. The predicted molar refractivity (Wildman–Crippen MR) is 120 cm³/mol. The lowest BCUT2D eigenvalue weighted by Crippen LogP contribution is -2.30. The van der Waals surface area contributed by atoms with Crippen molar-refractivity contribution in [2.75, 3.05) is 33.2 Å². The highest BCUT2D eigenvalue weighted by molar-refractivity contribution is 7.14. The van der Waals surface area contributed by atoms with E-state index >= 15 is 0 Å². The summed E-state index contributed by atoms with van der Waals surface area (Å²) in [5, 5.41) is 5.47. The number of ether oxygens (including phenoxy) is 3. The zero-order chi connectivity index (χ0) is 21.8. The molecule has 0 fully saturated rings. The molecule has 31 heavy (non-hydrogen) atoms. The molecule has 2 aromatic carbocycles. The van der Waals surface area contributed by atoms with Crippen molar-refractivity contribution in [3.63, 3.8) is 0 Å². The van der Waals surface area contributed by atoms with Gasteiger partial charge in [0.25, 0.3) is 5.91 Å². The summed E-state index contributed by atoms with van der Waals surface area (Å²) in [6, 6.07) is 11.1. The van der Waals surface area contributed by atoms with Gasteiger partial charge in [-0.3, -0.25) is 15.0 Å². The van der Waals surface area contributed by atoms with Gasteiger partial charge in [-0.05, 0) is 53.9 Å². The molecule has 0 unspecified atom stereocenters. The molecular weight excluding hydrogens is 414 g/mol. The first-order valence-corrected chi connectivity index (χ1v) is 10.8. The van der Waals surface area contributed by atoms with E-state index in [1.165, 1.54) is 22.5 Å². The van der Waals surface area contributed by atoms with E-state index < -0.39 is 0 Å². The fourth-order valence-corrected chi connectivity index (χ4v) is 4.35. The molecule has 1 amide bonds. The Kier molecular flexibility index (Phi) is 6.39. The molecule has 1 aromatic heterocycles. The van der Waals surface area contributed by atoms with E-state index in [4.69, 9.17) is 14.2 Å². The third-order valence-corrected chi connectivity index (χ3v) is 6.11. The normalized spacial score (nSPS) is 13.4.